The Kier molecular flexibility index (Phi) is 3.53. The van der Waals surface area contributed by atoms with Crippen molar-refractivity contribution in [3.63, 3.8) is 0 Å². The van der Waals surface area contributed by atoms with Crippen LogP contribution in [-0.2, 0) is 4.79 Å². The number of amides is 1. The van der Waals surface area contributed by atoms with E-state index in [1.165, 1.54) is 12.8 Å². The highest BCUT2D eigenvalue weighted by Crippen LogP contribution is 2.37. The van der Waals surface area contributed by atoms with Gasteiger partial charge in [0.15, 0.2) is 0 Å². The van der Waals surface area contributed by atoms with Crippen LogP contribution in [0.25, 0.3) is 0 Å². The van der Waals surface area contributed by atoms with Crippen LogP contribution in [0.15, 0.2) is 0 Å². The second kappa shape index (κ2) is 4.74. The van der Waals surface area contributed by atoms with Crippen molar-refractivity contribution >= 4 is 5.91 Å². The predicted octanol–water partition coefficient (Wildman–Crippen LogP) is 1.68. The Hall–Kier alpha value is -0.570. The third-order valence-electron chi connectivity index (χ3n) is 4.24. The van der Waals surface area contributed by atoms with E-state index in [1.807, 2.05) is 0 Å². The van der Waals surface area contributed by atoms with Crippen LogP contribution in [0.5, 0.6) is 0 Å². The lowest BCUT2D eigenvalue weighted by Gasteiger charge is -2.30. The van der Waals surface area contributed by atoms with Crippen molar-refractivity contribution in [2.75, 3.05) is 13.1 Å². The number of hydrogen-bond acceptors (Lipinski definition) is 2. The summed E-state index contributed by atoms with van der Waals surface area (Å²) >= 11 is 0. The summed E-state index contributed by atoms with van der Waals surface area (Å²) in [6.45, 7) is 6.46. The van der Waals surface area contributed by atoms with E-state index < -0.39 is 0 Å². The first-order valence-corrected chi connectivity index (χ1v) is 6.61. The SMILES string of the molecule is CC1(C)CCCC1NC(=O)[C@H]1CCCNC1. The molecule has 2 aliphatic rings. The molecular formula is C13H24N2O. The molecule has 0 aromatic heterocycles. The van der Waals surface area contributed by atoms with Crippen LogP contribution < -0.4 is 10.6 Å². The summed E-state index contributed by atoms with van der Waals surface area (Å²) in [5.41, 5.74) is 0.289. The highest BCUT2D eigenvalue weighted by atomic mass is 16.2. The quantitative estimate of drug-likeness (QED) is 0.749. The van der Waals surface area contributed by atoms with Gasteiger partial charge in [-0.05, 0) is 37.6 Å². The van der Waals surface area contributed by atoms with Crippen LogP contribution in [0, 0.1) is 11.3 Å². The van der Waals surface area contributed by atoms with E-state index in [4.69, 9.17) is 0 Å². The number of nitrogens with one attached hydrogen (secondary N) is 2. The standard InChI is InChI=1S/C13H24N2O/c1-13(2)7-3-6-11(13)15-12(16)10-5-4-8-14-9-10/h10-11,14H,3-9H2,1-2H3,(H,15,16)/t10-,11?/m0/s1. The van der Waals surface area contributed by atoms with E-state index in [9.17, 15) is 4.79 Å². The van der Waals surface area contributed by atoms with Gasteiger partial charge in [-0.15, -0.1) is 0 Å². The zero-order chi connectivity index (χ0) is 11.6. The normalized spacial score (nSPS) is 33.6. The fraction of sp³-hybridized carbons (Fsp3) is 0.923. The van der Waals surface area contributed by atoms with Gasteiger partial charge in [-0.2, -0.15) is 0 Å². The Balaban J connectivity index is 1.86. The molecule has 1 amide bonds. The molecule has 0 aromatic carbocycles. The number of carbonyl (C=O) groups excluding carboxylic acids is 1. The molecule has 1 unspecified atom stereocenters. The van der Waals surface area contributed by atoms with Gasteiger partial charge in [0.05, 0.1) is 5.92 Å². The summed E-state index contributed by atoms with van der Waals surface area (Å²) in [6.07, 6.45) is 5.82. The van der Waals surface area contributed by atoms with Crippen LogP contribution in [0.1, 0.15) is 46.0 Å². The lowest BCUT2D eigenvalue weighted by Crippen LogP contribution is -2.47. The van der Waals surface area contributed by atoms with Gasteiger partial charge in [0.25, 0.3) is 0 Å². The zero-order valence-corrected chi connectivity index (χ0v) is 10.5. The van der Waals surface area contributed by atoms with Crippen molar-refractivity contribution in [2.24, 2.45) is 11.3 Å². The molecule has 1 saturated heterocycles. The summed E-state index contributed by atoms with van der Waals surface area (Å²) in [7, 11) is 0. The Morgan fingerprint density at radius 2 is 2.12 bits per heavy atom. The summed E-state index contributed by atoms with van der Waals surface area (Å²) in [4.78, 5) is 12.1. The Morgan fingerprint density at radius 1 is 1.31 bits per heavy atom. The molecule has 0 bridgehead atoms. The minimum absolute atomic E-state index is 0.199. The molecule has 92 valence electrons. The van der Waals surface area contributed by atoms with Crippen molar-refractivity contribution in [1.82, 2.24) is 10.6 Å². The second-order valence-electron chi connectivity index (χ2n) is 5.99. The lowest BCUT2D eigenvalue weighted by molar-refractivity contribution is -0.126. The average molecular weight is 224 g/mol. The molecular weight excluding hydrogens is 200 g/mol. The highest BCUT2D eigenvalue weighted by Gasteiger charge is 2.36. The monoisotopic (exact) mass is 224 g/mol. The molecule has 16 heavy (non-hydrogen) atoms. The summed E-state index contributed by atoms with van der Waals surface area (Å²) < 4.78 is 0. The van der Waals surface area contributed by atoms with E-state index in [1.54, 1.807) is 0 Å². The molecule has 2 fully saturated rings. The Morgan fingerprint density at radius 3 is 2.69 bits per heavy atom. The second-order valence-corrected chi connectivity index (χ2v) is 5.99. The van der Waals surface area contributed by atoms with Crippen LogP contribution in [0.4, 0.5) is 0 Å². The fourth-order valence-electron chi connectivity index (χ4n) is 2.96. The van der Waals surface area contributed by atoms with Gasteiger partial charge < -0.3 is 10.6 Å². The molecule has 0 spiro atoms. The van der Waals surface area contributed by atoms with Crippen molar-refractivity contribution in [2.45, 2.75) is 52.0 Å². The molecule has 2 N–H and O–H groups in total. The first-order valence-electron chi connectivity index (χ1n) is 6.61. The molecule has 2 atom stereocenters. The first kappa shape index (κ1) is 11.9. The summed E-state index contributed by atoms with van der Waals surface area (Å²) in [6, 6.07) is 0.391. The average Bonchev–Trinajstić information content (AvgIpc) is 2.59. The van der Waals surface area contributed by atoms with E-state index in [0.717, 1.165) is 32.4 Å². The maximum atomic E-state index is 12.1. The van der Waals surface area contributed by atoms with Crippen LogP contribution in [0.2, 0.25) is 0 Å². The van der Waals surface area contributed by atoms with Crippen molar-refractivity contribution in [1.29, 1.82) is 0 Å². The zero-order valence-electron chi connectivity index (χ0n) is 10.5. The maximum Gasteiger partial charge on any atom is 0.224 e. The fourth-order valence-corrected chi connectivity index (χ4v) is 2.96. The minimum Gasteiger partial charge on any atom is -0.353 e. The van der Waals surface area contributed by atoms with Crippen LogP contribution in [-0.4, -0.2) is 25.0 Å². The number of hydrogen-bond donors (Lipinski definition) is 2. The number of rotatable bonds is 2. The first-order chi connectivity index (χ1) is 7.59. The third kappa shape index (κ3) is 2.57. The van der Waals surface area contributed by atoms with E-state index in [0.29, 0.717) is 6.04 Å². The van der Waals surface area contributed by atoms with Gasteiger partial charge in [0, 0.05) is 12.6 Å². The van der Waals surface area contributed by atoms with Gasteiger partial charge in [-0.1, -0.05) is 20.3 Å². The molecule has 1 aliphatic carbocycles. The largest absolute Gasteiger partial charge is 0.353 e. The number of piperidine rings is 1. The van der Waals surface area contributed by atoms with Crippen LogP contribution in [0.3, 0.4) is 0 Å². The summed E-state index contributed by atoms with van der Waals surface area (Å²) in [5.74, 6) is 0.470. The van der Waals surface area contributed by atoms with Crippen LogP contribution >= 0.6 is 0 Å². The van der Waals surface area contributed by atoms with Crippen molar-refractivity contribution in [3.05, 3.63) is 0 Å². The molecule has 1 saturated carbocycles. The summed E-state index contributed by atoms with van der Waals surface area (Å²) in [5, 5.41) is 6.56. The Bertz CT molecular complexity index is 257. The van der Waals surface area contributed by atoms with Gasteiger partial charge >= 0.3 is 0 Å². The Labute approximate surface area is 98.4 Å². The lowest BCUT2D eigenvalue weighted by atomic mass is 9.87. The predicted molar refractivity (Wildman–Crippen MR) is 65.2 cm³/mol. The van der Waals surface area contributed by atoms with Gasteiger partial charge in [-0.25, -0.2) is 0 Å². The smallest absolute Gasteiger partial charge is 0.224 e. The van der Waals surface area contributed by atoms with E-state index in [2.05, 4.69) is 24.5 Å². The van der Waals surface area contributed by atoms with Gasteiger partial charge in [0.2, 0.25) is 5.91 Å². The highest BCUT2D eigenvalue weighted by molar-refractivity contribution is 5.79. The minimum atomic E-state index is 0.199. The van der Waals surface area contributed by atoms with E-state index in [-0.39, 0.29) is 17.2 Å². The molecule has 1 aliphatic heterocycles. The molecule has 3 heteroatoms. The van der Waals surface area contributed by atoms with E-state index >= 15 is 0 Å². The molecule has 2 rings (SSSR count). The molecule has 1 heterocycles. The van der Waals surface area contributed by atoms with Gasteiger partial charge in [0.1, 0.15) is 0 Å². The van der Waals surface area contributed by atoms with Crippen molar-refractivity contribution in [3.8, 4) is 0 Å². The molecule has 0 radical (unpaired) electrons. The third-order valence-corrected chi connectivity index (χ3v) is 4.24. The topological polar surface area (TPSA) is 41.1 Å². The maximum absolute atomic E-state index is 12.1. The molecule has 3 nitrogen and oxygen atoms in total. The number of carbonyl (C=O) groups is 1. The molecule has 0 aromatic rings. The van der Waals surface area contributed by atoms with Crippen molar-refractivity contribution < 1.29 is 4.79 Å². The van der Waals surface area contributed by atoms with Gasteiger partial charge in [-0.3, -0.25) is 4.79 Å².